The number of aromatic nitrogens is 2. The summed E-state index contributed by atoms with van der Waals surface area (Å²) in [5, 5.41) is 9.17. The van der Waals surface area contributed by atoms with Gasteiger partial charge in [0.2, 0.25) is 0 Å². The van der Waals surface area contributed by atoms with Crippen LogP contribution in [0.2, 0.25) is 0 Å². The third kappa shape index (κ3) is 3.65. The van der Waals surface area contributed by atoms with Gasteiger partial charge in [-0.15, -0.1) is 11.8 Å². The van der Waals surface area contributed by atoms with Crippen LogP contribution in [0.15, 0.2) is 27.8 Å². The Hall–Kier alpha value is -2.33. The van der Waals surface area contributed by atoms with Crippen LogP contribution in [-0.2, 0) is 4.74 Å². The standard InChI is InChI=1S/C15H15N3O3S/c1-3-20-15(19)12-10(2)17-13(11-6-4-8-21-11)18-14(12)22-9-5-7-16/h4,6,8H,3,5,9H2,1-2H3. The zero-order chi connectivity index (χ0) is 15.9. The van der Waals surface area contributed by atoms with Crippen molar-refractivity contribution in [3.63, 3.8) is 0 Å². The average Bonchev–Trinajstić information content (AvgIpc) is 3.01. The molecule has 2 aromatic rings. The van der Waals surface area contributed by atoms with Crippen molar-refractivity contribution in [1.29, 1.82) is 5.26 Å². The predicted octanol–water partition coefficient (Wildman–Crippen LogP) is 3.23. The molecule has 2 rings (SSSR count). The predicted molar refractivity (Wildman–Crippen MR) is 81.4 cm³/mol. The van der Waals surface area contributed by atoms with Crippen molar-refractivity contribution in [1.82, 2.24) is 9.97 Å². The second-order valence-electron chi connectivity index (χ2n) is 4.27. The van der Waals surface area contributed by atoms with E-state index in [9.17, 15) is 4.79 Å². The molecular formula is C15H15N3O3S. The lowest BCUT2D eigenvalue weighted by molar-refractivity contribution is 0.0519. The fourth-order valence-electron chi connectivity index (χ4n) is 1.80. The summed E-state index contributed by atoms with van der Waals surface area (Å²) in [6.45, 7) is 3.75. The molecule has 0 amide bonds. The van der Waals surface area contributed by atoms with E-state index in [4.69, 9.17) is 14.4 Å². The maximum Gasteiger partial charge on any atom is 0.342 e. The molecule has 0 fully saturated rings. The largest absolute Gasteiger partial charge is 0.462 e. The molecule has 0 N–H and O–H groups in total. The van der Waals surface area contributed by atoms with E-state index in [1.165, 1.54) is 18.0 Å². The number of nitrogens with zero attached hydrogens (tertiary/aromatic N) is 3. The number of carbonyl (C=O) groups is 1. The summed E-state index contributed by atoms with van der Waals surface area (Å²) < 4.78 is 10.4. The van der Waals surface area contributed by atoms with Crippen LogP contribution in [0.4, 0.5) is 0 Å². The van der Waals surface area contributed by atoms with Gasteiger partial charge >= 0.3 is 5.97 Å². The summed E-state index contributed by atoms with van der Waals surface area (Å²) >= 11 is 1.34. The Bertz CT molecular complexity index is 693. The normalized spacial score (nSPS) is 10.2. The highest BCUT2D eigenvalue weighted by Crippen LogP contribution is 2.27. The van der Waals surface area contributed by atoms with Crippen LogP contribution >= 0.6 is 11.8 Å². The van der Waals surface area contributed by atoms with E-state index in [0.29, 0.717) is 40.0 Å². The molecule has 2 aromatic heterocycles. The number of rotatable bonds is 6. The highest BCUT2D eigenvalue weighted by atomic mass is 32.2. The van der Waals surface area contributed by atoms with Gasteiger partial charge in [-0.05, 0) is 26.0 Å². The Morgan fingerprint density at radius 2 is 2.32 bits per heavy atom. The first-order valence-electron chi connectivity index (χ1n) is 6.76. The lowest BCUT2D eigenvalue weighted by atomic mass is 10.2. The molecule has 114 valence electrons. The Morgan fingerprint density at radius 1 is 1.50 bits per heavy atom. The molecule has 22 heavy (non-hydrogen) atoms. The van der Waals surface area contributed by atoms with E-state index in [0.717, 1.165) is 0 Å². The molecule has 0 spiro atoms. The van der Waals surface area contributed by atoms with Crippen LogP contribution in [0.3, 0.4) is 0 Å². The van der Waals surface area contributed by atoms with E-state index in [-0.39, 0.29) is 6.61 Å². The minimum Gasteiger partial charge on any atom is -0.462 e. The molecule has 0 aromatic carbocycles. The van der Waals surface area contributed by atoms with Gasteiger partial charge in [0.25, 0.3) is 0 Å². The lowest BCUT2D eigenvalue weighted by Crippen LogP contribution is -2.12. The molecule has 0 aliphatic heterocycles. The van der Waals surface area contributed by atoms with Crippen LogP contribution in [0.1, 0.15) is 29.4 Å². The smallest absolute Gasteiger partial charge is 0.342 e. The second kappa shape index (κ2) is 7.61. The monoisotopic (exact) mass is 317 g/mol. The first kappa shape index (κ1) is 16.0. The van der Waals surface area contributed by atoms with Crippen molar-refractivity contribution in [2.45, 2.75) is 25.3 Å². The molecule has 0 saturated carbocycles. The van der Waals surface area contributed by atoms with Crippen LogP contribution in [-0.4, -0.2) is 28.3 Å². The van der Waals surface area contributed by atoms with Crippen molar-refractivity contribution in [2.24, 2.45) is 0 Å². The molecule has 2 heterocycles. The van der Waals surface area contributed by atoms with Crippen LogP contribution in [0.5, 0.6) is 0 Å². The minimum atomic E-state index is -0.453. The van der Waals surface area contributed by atoms with Gasteiger partial charge in [0.1, 0.15) is 10.6 Å². The van der Waals surface area contributed by atoms with E-state index in [1.807, 2.05) is 0 Å². The molecule has 0 unspecified atom stereocenters. The maximum absolute atomic E-state index is 12.1. The average molecular weight is 317 g/mol. The van der Waals surface area contributed by atoms with Crippen molar-refractivity contribution in [2.75, 3.05) is 12.4 Å². The summed E-state index contributed by atoms with van der Waals surface area (Å²) in [7, 11) is 0. The van der Waals surface area contributed by atoms with Gasteiger partial charge in [-0.1, -0.05) is 0 Å². The Kier molecular flexibility index (Phi) is 5.55. The number of aryl methyl sites for hydroxylation is 1. The van der Waals surface area contributed by atoms with Crippen LogP contribution in [0, 0.1) is 18.3 Å². The van der Waals surface area contributed by atoms with Crippen LogP contribution in [0.25, 0.3) is 11.6 Å². The molecule has 7 heteroatoms. The fourth-order valence-corrected chi connectivity index (χ4v) is 2.71. The van der Waals surface area contributed by atoms with Crippen molar-refractivity contribution >= 4 is 17.7 Å². The highest BCUT2D eigenvalue weighted by Gasteiger charge is 2.21. The van der Waals surface area contributed by atoms with Crippen LogP contribution < -0.4 is 0 Å². The van der Waals surface area contributed by atoms with E-state index in [2.05, 4.69) is 16.0 Å². The van der Waals surface area contributed by atoms with Gasteiger partial charge in [0.15, 0.2) is 11.6 Å². The maximum atomic E-state index is 12.1. The zero-order valence-corrected chi connectivity index (χ0v) is 13.1. The number of hydrogen-bond acceptors (Lipinski definition) is 7. The van der Waals surface area contributed by atoms with Gasteiger partial charge < -0.3 is 9.15 Å². The van der Waals surface area contributed by atoms with Gasteiger partial charge in [0, 0.05) is 12.2 Å². The first-order valence-corrected chi connectivity index (χ1v) is 7.75. The lowest BCUT2D eigenvalue weighted by Gasteiger charge is -2.11. The van der Waals surface area contributed by atoms with Crippen molar-refractivity contribution < 1.29 is 13.9 Å². The first-order chi connectivity index (χ1) is 10.7. The van der Waals surface area contributed by atoms with Gasteiger partial charge in [-0.25, -0.2) is 14.8 Å². The Balaban J connectivity index is 2.43. The highest BCUT2D eigenvalue weighted by molar-refractivity contribution is 7.99. The molecule has 0 aliphatic rings. The summed E-state index contributed by atoms with van der Waals surface area (Å²) in [4.78, 5) is 20.8. The molecule has 6 nitrogen and oxygen atoms in total. The summed E-state index contributed by atoms with van der Waals surface area (Å²) in [6, 6.07) is 5.57. The number of furan rings is 1. The van der Waals surface area contributed by atoms with Gasteiger partial charge in [0.05, 0.1) is 24.6 Å². The number of nitriles is 1. The number of hydrogen-bond donors (Lipinski definition) is 0. The van der Waals surface area contributed by atoms with Crippen molar-refractivity contribution in [3.8, 4) is 17.7 Å². The number of ether oxygens (including phenoxy) is 1. The molecule has 0 radical (unpaired) electrons. The third-order valence-corrected chi connectivity index (χ3v) is 3.71. The van der Waals surface area contributed by atoms with Gasteiger partial charge in [-0.2, -0.15) is 5.26 Å². The van der Waals surface area contributed by atoms with E-state index in [1.54, 1.807) is 26.0 Å². The molecule has 0 bridgehead atoms. The molecule has 0 atom stereocenters. The summed E-state index contributed by atoms with van der Waals surface area (Å²) in [6.07, 6.45) is 1.90. The fraction of sp³-hybridized carbons (Fsp3) is 0.333. The number of carbonyl (C=O) groups excluding carboxylic acids is 1. The number of esters is 1. The third-order valence-electron chi connectivity index (χ3n) is 2.73. The van der Waals surface area contributed by atoms with Gasteiger partial charge in [-0.3, -0.25) is 0 Å². The number of thioether (sulfide) groups is 1. The Morgan fingerprint density at radius 3 is 2.95 bits per heavy atom. The summed E-state index contributed by atoms with van der Waals surface area (Å²) in [5.74, 6) is 1.03. The van der Waals surface area contributed by atoms with E-state index >= 15 is 0 Å². The summed E-state index contributed by atoms with van der Waals surface area (Å²) in [5.41, 5.74) is 0.874. The van der Waals surface area contributed by atoms with E-state index < -0.39 is 5.97 Å². The Labute approximate surface area is 132 Å². The minimum absolute atomic E-state index is 0.278. The molecule has 0 aliphatic carbocycles. The zero-order valence-electron chi connectivity index (χ0n) is 12.3. The SMILES string of the molecule is CCOC(=O)c1c(C)nc(-c2ccco2)nc1SCCC#N. The quantitative estimate of drug-likeness (QED) is 0.350. The second-order valence-corrected chi connectivity index (χ2v) is 5.35. The molecule has 0 saturated heterocycles. The topological polar surface area (TPSA) is 89.0 Å². The molecular weight excluding hydrogens is 302 g/mol. The van der Waals surface area contributed by atoms with Crippen molar-refractivity contribution in [3.05, 3.63) is 29.7 Å².